The average molecular weight is 384 g/mol. The Labute approximate surface area is 131 Å². The summed E-state index contributed by atoms with van der Waals surface area (Å²) in [4.78, 5) is 0. The van der Waals surface area contributed by atoms with Crippen LogP contribution < -0.4 is 10.6 Å². The molecular weight excluding hydrogens is 372 g/mol. The maximum Gasteiger partial charge on any atom is 0.171 e. The first-order valence-corrected chi connectivity index (χ1v) is 8.99. The highest BCUT2D eigenvalue weighted by Crippen LogP contribution is 2.19. The highest BCUT2D eigenvalue weighted by molar-refractivity contribution is 9.10. The summed E-state index contributed by atoms with van der Waals surface area (Å²) in [5.74, 6) is 0.00713. The second-order valence-electron chi connectivity index (χ2n) is 4.31. The molecular formula is C11H12BrClN2O2S2. The fourth-order valence-corrected chi connectivity index (χ4v) is 5.06. The van der Waals surface area contributed by atoms with Crippen molar-refractivity contribution < 1.29 is 8.42 Å². The zero-order valence-corrected chi connectivity index (χ0v) is 13.7. The van der Waals surface area contributed by atoms with E-state index in [2.05, 4.69) is 26.6 Å². The van der Waals surface area contributed by atoms with Crippen molar-refractivity contribution in [3.8, 4) is 0 Å². The highest BCUT2D eigenvalue weighted by Gasteiger charge is 2.36. The molecule has 0 saturated carbocycles. The van der Waals surface area contributed by atoms with Gasteiger partial charge in [-0.25, -0.2) is 8.42 Å². The van der Waals surface area contributed by atoms with Crippen LogP contribution in [0, 0.1) is 0 Å². The molecule has 1 aliphatic rings. The van der Waals surface area contributed by atoms with E-state index >= 15 is 0 Å². The fourth-order valence-electron chi connectivity index (χ4n) is 1.84. The minimum absolute atomic E-state index is 0.00821. The fraction of sp³-hybridized carbons (Fsp3) is 0.364. The largest absolute Gasteiger partial charge is 0.357 e. The van der Waals surface area contributed by atoms with E-state index in [0.717, 1.165) is 10.2 Å². The Hall–Kier alpha value is -0.370. The molecule has 0 spiro atoms. The van der Waals surface area contributed by atoms with E-state index in [1.165, 1.54) is 0 Å². The molecule has 0 aromatic heterocycles. The molecule has 0 amide bonds. The van der Waals surface area contributed by atoms with Crippen LogP contribution in [0.25, 0.3) is 0 Å². The number of rotatable bonds is 2. The molecule has 1 heterocycles. The summed E-state index contributed by atoms with van der Waals surface area (Å²) in [7, 11) is -3.06. The summed E-state index contributed by atoms with van der Waals surface area (Å²) >= 11 is 14.5. The SMILES string of the molecule is O=S1(=O)CC(Cl)C(NC(=S)Nc2cccc(Br)c2)C1. The lowest BCUT2D eigenvalue weighted by Crippen LogP contribution is -2.42. The lowest BCUT2D eigenvalue weighted by atomic mass is 10.2. The molecule has 0 radical (unpaired) electrons. The number of alkyl halides is 1. The third-order valence-corrected chi connectivity index (χ3v) is 5.77. The monoisotopic (exact) mass is 382 g/mol. The predicted molar refractivity (Wildman–Crippen MR) is 85.6 cm³/mol. The van der Waals surface area contributed by atoms with Crippen LogP contribution in [0.15, 0.2) is 28.7 Å². The van der Waals surface area contributed by atoms with Crippen LogP contribution in [-0.4, -0.2) is 36.5 Å². The van der Waals surface area contributed by atoms with Gasteiger partial charge in [0, 0.05) is 10.2 Å². The van der Waals surface area contributed by atoms with E-state index in [1.807, 2.05) is 24.3 Å². The number of nitrogens with one attached hydrogen (secondary N) is 2. The maximum atomic E-state index is 11.4. The molecule has 1 aliphatic heterocycles. The number of halogens is 2. The van der Waals surface area contributed by atoms with Gasteiger partial charge in [0.05, 0.1) is 22.9 Å². The lowest BCUT2D eigenvalue weighted by molar-refractivity contribution is 0.600. The van der Waals surface area contributed by atoms with Crippen molar-refractivity contribution in [1.82, 2.24) is 5.32 Å². The van der Waals surface area contributed by atoms with E-state index < -0.39 is 15.2 Å². The Morgan fingerprint density at radius 1 is 1.42 bits per heavy atom. The molecule has 2 rings (SSSR count). The number of thiocarbonyl (C=S) groups is 1. The van der Waals surface area contributed by atoms with Gasteiger partial charge >= 0.3 is 0 Å². The smallest absolute Gasteiger partial charge is 0.171 e. The van der Waals surface area contributed by atoms with Crippen molar-refractivity contribution in [3.63, 3.8) is 0 Å². The molecule has 0 bridgehead atoms. The Morgan fingerprint density at radius 2 is 2.16 bits per heavy atom. The van der Waals surface area contributed by atoms with Crippen LogP contribution in [0.2, 0.25) is 0 Å². The molecule has 1 aromatic carbocycles. The van der Waals surface area contributed by atoms with Crippen LogP contribution in [0.1, 0.15) is 0 Å². The zero-order chi connectivity index (χ0) is 14.0. The molecule has 8 heteroatoms. The molecule has 2 unspecified atom stereocenters. The second-order valence-corrected chi connectivity index (χ2v) is 8.35. The Kier molecular flexibility index (Phi) is 4.70. The summed E-state index contributed by atoms with van der Waals surface area (Å²) in [6, 6.07) is 7.16. The normalized spacial score (nSPS) is 24.9. The second kappa shape index (κ2) is 5.95. The standard InChI is InChI=1S/C11H12BrClN2O2S2/c12-7-2-1-3-8(4-7)14-11(18)15-10-6-19(16,17)5-9(10)13/h1-4,9-10H,5-6H2,(H2,14,15,18). The first kappa shape index (κ1) is 15.0. The quantitative estimate of drug-likeness (QED) is 0.605. The maximum absolute atomic E-state index is 11.4. The van der Waals surface area contributed by atoms with Gasteiger partial charge in [-0.1, -0.05) is 22.0 Å². The molecule has 1 fully saturated rings. The van der Waals surface area contributed by atoms with Gasteiger partial charge in [0.1, 0.15) is 0 Å². The molecule has 4 nitrogen and oxygen atoms in total. The zero-order valence-electron chi connectivity index (χ0n) is 9.77. The number of hydrogen-bond donors (Lipinski definition) is 2. The van der Waals surface area contributed by atoms with Crippen molar-refractivity contribution in [2.45, 2.75) is 11.4 Å². The minimum atomic E-state index is -3.06. The number of benzene rings is 1. The van der Waals surface area contributed by atoms with E-state index in [1.54, 1.807) is 0 Å². The van der Waals surface area contributed by atoms with Crippen molar-refractivity contribution in [1.29, 1.82) is 0 Å². The minimum Gasteiger partial charge on any atom is -0.357 e. The van der Waals surface area contributed by atoms with E-state index in [4.69, 9.17) is 23.8 Å². The van der Waals surface area contributed by atoms with Crippen molar-refractivity contribution in [3.05, 3.63) is 28.7 Å². The van der Waals surface area contributed by atoms with Crippen molar-refractivity contribution in [2.24, 2.45) is 0 Å². The van der Waals surface area contributed by atoms with Crippen LogP contribution in [-0.2, 0) is 9.84 Å². The molecule has 2 atom stereocenters. The van der Waals surface area contributed by atoms with E-state index in [0.29, 0.717) is 5.11 Å². The van der Waals surface area contributed by atoms with Gasteiger partial charge in [-0.3, -0.25) is 0 Å². The Morgan fingerprint density at radius 3 is 2.74 bits per heavy atom. The molecule has 2 N–H and O–H groups in total. The van der Waals surface area contributed by atoms with Gasteiger partial charge in [-0.2, -0.15) is 0 Å². The number of anilines is 1. The molecule has 104 valence electrons. The predicted octanol–water partition coefficient (Wildman–Crippen LogP) is 2.14. The summed E-state index contributed by atoms with van der Waals surface area (Å²) in [6.45, 7) is 0. The van der Waals surface area contributed by atoms with Crippen molar-refractivity contribution in [2.75, 3.05) is 16.8 Å². The molecule has 1 aromatic rings. The van der Waals surface area contributed by atoms with Crippen LogP contribution >= 0.6 is 39.7 Å². The lowest BCUT2D eigenvalue weighted by Gasteiger charge is -2.17. The Bertz CT molecular complexity index is 594. The summed E-state index contributed by atoms with van der Waals surface area (Å²) in [5, 5.41) is 5.86. The van der Waals surface area contributed by atoms with Crippen LogP contribution in [0.5, 0.6) is 0 Å². The van der Waals surface area contributed by atoms with Gasteiger partial charge in [0.15, 0.2) is 14.9 Å². The van der Waals surface area contributed by atoms with Gasteiger partial charge in [0.2, 0.25) is 0 Å². The summed E-state index contributed by atoms with van der Waals surface area (Å²) in [5.41, 5.74) is 0.818. The topological polar surface area (TPSA) is 58.2 Å². The summed E-state index contributed by atoms with van der Waals surface area (Å²) < 4.78 is 23.8. The van der Waals surface area contributed by atoms with E-state index in [9.17, 15) is 8.42 Å². The average Bonchev–Trinajstić information content (AvgIpc) is 2.51. The third-order valence-electron chi connectivity index (χ3n) is 2.68. The van der Waals surface area contributed by atoms with Gasteiger partial charge in [-0.05, 0) is 30.4 Å². The van der Waals surface area contributed by atoms with Crippen molar-refractivity contribution >= 4 is 60.4 Å². The van der Waals surface area contributed by atoms with Gasteiger partial charge in [0.25, 0.3) is 0 Å². The van der Waals surface area contributed by atoms with Gasteiger partial charge in [-0.15, -0.1) is 11.6 Å². The summed E-state index contributed by atoms with van der Waals surface area (Å²) in [6.07, 6.45) is 0. The first-order valence-electron chi connectivity index (χ1n) is 5.53. The Balaban J connectivity index is 1.95. The van der Waals surface area contributed by atoms with Gasteiger partial charge < -0.3 is 10.6 Å². The van der Waals surface area contributed by atoms with E-state index in [-0.39, 0.29) is 17.5 Å². The van der Waals surface area contributed by atoms with Crippen LogP contribution in [0.3, 0.4) is 0 Å². The first-order chi connectivity index (χ1) is 8.85. The molecule has 0 aliphatic carbocycles. The number of sulfone groups is 1. The molecule has 19 heavy (non-hydrogen) atoms. The van der Waals surface area contributed by atoms with Crippen LogP contribution in [0.4, 0.5) is 5.69 Å². The number of hydrogen-bond acceptors (Lipinski definition) is 3. The highest BCUT2D eigenvalue weighted by atomic mass is 79.9. The third kappa shape index (κ3) is 4.30. The molecule has 1 saturated heterocycles.